The van der Waals surface area contributed by atoms with Crippen LogP contribution in [0.2, 0.25) is 0 Å². The van der Waals surface area contributed by atoms with E-state index in [-0.39, 0.29) is 5.92 Å². The lowest BCUT2D eigenvalue weighted by Crippen LogP contribution is -2.41. The molecule has 1 aliphatic heterocycles. The molecule has 0 radical (unpaired) electrons. The van der Waals surface area contributed by atoms with Crippen molar-refractivity contribution in [1.29, 1.82) is 0 Å². The van der Waals surface area contributed by atoms with Crippen molar-refractivity contribution in [2.45, 2.75) is 26.8 Å². The van der Waals surface area contributed by atoms with E-state index in [9.17, 15) is 5.21 Å². The summed E-state index contributed by atoms with van der Waals surface area (Å²) in [5, 5.41) is 22.3. The summed E-state index contributed by atoms with van der Waals surface area (Å²) in [6, 6.07) is 17.6. The van der Waals surface area contributed by atoms with Crippen molar-refractivity contribution in [3.8, 4) is 0 Å². The van der Waals surface area contributed by atoms with Crippen LogP contribution in [0.4, 0.5) is 0 Å². The number of benzene rings is 2. The van der Waals surface area contributed by atoms with E-state index in [0.29, 0.717) is 5.84 Å². The summed E-state index contributed by atoms with van der Waals surface area (Å²) in [6.07, 6.45) is 0. The highest BCUT2D eigenvalue weighted by Gasteiger charge is 2.35. The summed E-state index contributed by atoms with van der Waals surface area (Å²) < 4.78 is 0. The minimum Gasteiger partial charge on any atom is -0.358 e. The topological polar surface area (TPSA) is 64.0 Å². The van der Waals surface area contributed by atoms with Crippen LogP contribution in [0.3, 0.4) is 0 Å². The number of fused-ring (bicyclic) bond motifs is 1. The average Bonchev–Trinajstić information content (AvgIpc) is 2.97. The van der Waals surface area contributed by atoms with Crippen LogP contribution in [-0.2, 0) is 0 Å². The molecule has 26 heavy (non-hydrogen) atoms. The quantitative estimate of drug-likeness (QED) is 0.723. The zero-order chi connectivity index (χ0) is 18.3. The van der Waals surface area contributed by atoms with Gasteiger partial charge in [0.05, 0.1) is 0 Å². The number of nitrogens with zero attached hydrogens (tertiary/aromatic N) is 3. The van der Waals surface area contributed by atoms with E-state index in [0.717, 1.165) is 33.4 Å². The van der Waals surface area contributed by atoms with E-state index in [1.165, 1.54) is 5.06 Å². The zero-order valence-electron chi connectivity index (χ0n) is 15.1. The molecule has 1 aliphatic rings. The number of hydrogen-bond donors (Lipinski definition) is 2. The van der Waals surface area contributed by atoms with Crippen molar-refractivity contribution in [2.24, 2.45) is 16.1 Å². The van der Waals surface area contributed by atoms with Crippen LogP contribution in [0.25, 0.3) is 10.9 Å². The Morgan fingerprint density at radius 2 is 1.69 bits per heavy atom. The van der Waals surface area contributed by atoms with Crippen molar-refractivity contribution in [3.63, 3.8) is 0 Å². The van der Waals surface area contributed by atoms with Gasteiger partial charge in [-0.15, -0.1) is 5.10 Å². The van der Waals surface area contributed by atoms with Gasteiger partial charge in [0.1, 0.15) is 11.8 Å². The normalized spacial score (nSPS) is 17.6. The highest BCUT2D eigenvalue weighted by atomic mass is 16.5. The van der Waals surface area contributed by atoms with Gasteiger partial charge in [0, 0.05) is 33.6 Å². The second kappa shape index (κ2) is 6.42. The molecule has 1 aromatic heterocycles. The molecule has 0 amide bonds. The lowest BCUT2D eigenvalue weighted by molar-refractivity contribution is -0.0399. The first-order valence-electron chi connectivity index (χ1n) is 8.84. The zero-order valence-corrected chi connectivity index (χ0v) is 15.1. The average molecular weight is 346 g/mol. The summed E-state index contributed by atoms with van der Waals surface area (Å²) in [5.74, 6) is 0.633. The maximum Gasteiger partial charge on any atom is 0.154 e. The van der Waals surface area contributed by atoms with Gasteiger partial charge < -0.3 is 4.98 Å². The summed E-state index contributed by atoms with van der Waals surface area (Å²) in [6.45, 7) is 6.04. The van der Waals surface area contributed by atoms with Crippen molar-refractivity contribution in [1.82, 2.24) is 10.0 Å². The van der Waals surface area contributed by atoms with Crippen LogP contribution in [0.5, 0.6) is 0 Å². The Balaban J connectivity index is 1.95. The predicted octanol–water partition coefficient (Wildman–Crippen LogP) is 4.68. The molecule has 2 aromatic carbocycles. The third-order valence-electron chi connectivity index (χ3n) is 4.80. The third kappa shape index (κ3) is 2.61. The Morgan fingerprint density at radius 1 is 1.00 bits per heavy atom. The van der Waals surface area contributed by atoms with Gasteiger partial charge in [0.15, 0.2) is 5.84 Å². The summed E-state index contributed by atoms with van der Waals surface area (Å²) in [7, 11) is 0. The van der Waals surface area contributed by atoms with Gasteiger partial charge in [-0.3, -0.25) is 5.21 Å². The first-order chi connectivity index (χ1) is 12.6. The van der Waals surface area contributed by atoms with Crippen LogP contribution in [0, 0.1) is 12.8 Å². The number of H-pyrrole nitrogens is 1. The van der Waals surface area contributed by atoms with Gasteiger partial charge in [-0.25, -0.2) is 5.06 Å². The van der Waals surface area contributed by atoms with Crippen LogP contribution >= 0.6 is 0 Å². The molecule has 5 nitrogen and oxygen atoms in total. The van der Waals surface area contributed by atoms with E-state index in [4.69, 9.17) is 0 Å². The minimum atomic E-state index is -0.413. The minimum absolute atomic E-state index is 0.0640. The molecule has 0 saturated heterocycles. The second-order valence-corrected chi connectivity index (χ2v) is 6.92. The fourth-order valence-corrected chi connectivity index (χ4v) is 3.57. The largest absolute Gasteiger partial charge is 0.358 e. The summed E-state index contributed by atoms with van der Waals surface area (Å²) >= 11 is 0. The van der Waals surface area contributed by atoms with Gasteiger partial charge in [-0.2, -0.15) is 5.10 Å². The van der Waals surface area contributed by atoms with Crippen LogP contribution < -0.4 is 0 Å². The molecule has 3 aromatic rings. The highest BCUT2D eigenvalue weighted by Crippen LogP contribution is 2.36. The second-order valence-electron chi connectivity index (χ2n) is 6.92. The predicted molar refractivity (Wildman–Crippen MR) is 105 cm³/mol. The van der Waals surface area contributed by atoms with Gasteiger partial charge in [0.2, 0.25) is 0 Å². The number of aryl methyl sites for hydroxylation is 1. The fraction of sp³-hybridized carbons (Fsp3) is 0.238. The van der Waals surface area contributed by atoms with Crippen molar-refractivity contribution in [2.75, 3.05) is 0 Å². The first kappa shape index (κ1) is 16.5. The number of hydroxylamine groups is 2. The van der Waals surface area contributed by atoms with Gasteiger partial charge in [0.25, 0.3) is 0 Å². The Labute approximate surface area is 152 Å². The maximum absolute atomic E-state index is 11.1. The Morgan fingerprint density at radius 3 is 2.42 bits per heavy atom. The van der Waals surface area contributed by atoms with E-state index < -0.39 is 6.04 Å². The number of hydrogen-bond acceptors (Lipinski definition) is 4. The highest BCUT2D eigenvalue weighted by molar-refractivity contribution is 6.10. The van der Waals surface area contributed by atoms with Gasteiger partial charge in [-0.05, 0) is 13.0 Å². The van der Waals surface area contributed by atoms with Gasteiger partial charge >= 0.3 is 0 Å². The number of aromatic nitrogens is 1. The lowest BCUT2D eigenvalue weighted by Gasteiger charge is -2.33. The molecular weight excluding hydrogens is 324 g/mol. The smallest absolute Gasteiger partial charge is 0.154 e. The fourth-order valence-electron chi connectivity index (χ4n) is 3.57. The van der Waals surface area contributed by atoms with E-state index in [1.807, 2.05) is 69.3 Å². The monoisotopic (exact) mass is 346 g/mol. The molecule has 132 valence electrons. The van der Waals surface area contributed by atoms with E-state index in [1.54, 1.807) is 0 Å². The standard InChI is InChI=1S/C21H22N4O/c1-13(2)21-24-23-19(15-9-5-4-6-10-15)20(25(21)26)18-14(3)22-17-12-8-7-11-16(17)18/h4-13,20,22,26H,1-3H3/t20-/m1/s1. The molecule has 0 unspecified atom stereocenters. The summed E-state index contributed by atoms with van der Waals surface area (Å²) in [4.78, 5) is 3.43. The Kier molecular flexibility index (Phi) is 4.09. The van der Waals surface area contributed by atoms with Crippen LogP contribution in [-0.4, -0.2) is 26.8 Å². The molecule has 1 atom stereocenters. The number of nitrogens with one attached hydrogen (secondary N) is 1. The van der Waals surface area contributed by atoms with Crippen LogP contribution in [0.1, 0.15) is 36.7 Å². The number of rotatable bonds is 3. The lowest BCUT2D eigenvalue weighted by atomic mass is 9.93. The molecule has 0 fully saturated rings. The number of aromatic amines is 1. The molecule has 0 spiro atoms. The van der Waals surface area contributed by atoms with Crippen molar-refractivity contribution < 1.29 is 5.21 Å². The molecule has 4 rings (SSSR count). The number of amidine groups is 1. The van der Waals surface area contributed by atoms with Crippen molar-refractivity contribution in [3.05, 3.63) is 71.4 Å². The Hall–Kier alpha value is -2.92. The first-order valence-corrected chi connectivity index (χ1v) is 8.84. The van der Waals surface area contributed by atoms with Crippen molar-refractivity contribution >= 4 is 22.5 Å². The molecule has 0 aliphatic carbocycles. The number of para-hydroxylation sites is 1. The molecule has 0 bridgehead atoms. The molecular formula is C21H22N4O. The van der Waals surface area contributed by atoms with Gasteiger partial charge in [-0.1, -0.05) is 62.4 Å². The Bertz CT molecular complexity index is 1000. The molecule has 0 saturated carbocycles. The summed E-state index contributed by atoms with van der Waals surface area (Å²) in [5.41, 5.74) is 4.79. The molecule has 2 heterocycles. The van der Waals surface area contributed by atoms with E-state index in [2.05, 4.69) is 21.3 Å². The SMILES string of the molecule is Cc1[nH]c2ccccc2c1[C@@H]1C(c2ccccc2)=NN=C(C(C)C)N1O. The molecule has 2 N–H and O–H groups in total. The maximum atomic E-state index is 11.1. The molecule has 5 heteroatoms. The third-order valence-corrected chi connectivity index (χ3v) is 4.80. The van der Waals surface area contributed by atoms with Crippen LogP contribution in [0.15, 0.2) is 64.8 Å². The van der Waals surface area contributed by atoms with E-state index >= 15 is 0 Å².